The zero-order chi connectivity index (χ0) is 21.6. The van der Waals surface area contributed by atoms with Gasteiger partial charge >= 0.3 is 5.97 Å². The van der Waals surface area contributed by atoms with Crippen LogP contribution in [0.5, 0.6) is 0 Å². The van der Waals surface area contributed by atoms with E-state index in [1.165, 1.54) is 0 Å². The minimum Gasteiger partial charge on any atom is -0.480 e. The van der Waals surface area contributed by atoms with Crippen LogP contribution in [-0.4, -0.2) is 39.5 Å². The van der Waals surface area contributed by atoms with E-state index < -0.39 is 41.2 Å². The van der Waals surface area contributed by atoms with Crippen molar-refractivity contribution in [1.29, 1.82) is 0 Å². The number of para-hydroxylation sites is 1. The van der Waals surface area contributed by atoms with Crippen molar-refractivity contribution in [1.82, 2.24) is 15.6 Å². The largest absolute Gasteiger partial charge is 0.480 e. The molecule has 7 heteroatoms. The van der Waals surface area contributed by atoms with Gasteiger partial charge < -0.3 is 10.1 Å². The van der Waals surface area contributed by atoms with Crippen molar-refractivity contribution in [3.8, 4) is 0 Å². The number of carbonyl (C=O) groups excluding carboxylic acids is 2. The lowest BCUT2D eigenvalue weighted by Crippen LogP contribution is -2.57. The van der Waals surface area contributed by atoms with Gasteiger partial charge in [0.25, 0.3) is 0 Å². The maximum atomic E-state index is 12.7. The molecule has 3 heterocycles. The highest BCUT2D eigenvalue weighted by Crippen LogP contribution is 2.43. The predicted octanol–water partition coefficient (Wildman–Crippen LogP) is 2.11. The number of imide groups is 1. The number of benzene rings is 2. The molecule has 0 spiro atoms. The Morgan fingerprint density at radius 3 is 2.55 bits per heavy atom. The molecule has 31 heavy (non-hydrogen) atoms. The summed E-state index contributed by atoms with van der Waals surface area (Å²) in [6.07, 6.45) is 5.47. The highest BCUT2D eigenvalue weighted by atomic mass is 16.4. The van der Waals surface area contributed by atoms with Crippen LogP contribution < -0.4 is 10.6 Å². The number of hydrogen-bond acceptors (Lipinski definition) is 4. The fraction of sp³-hybridized carbons (Fsp3) is 0.208. The number of carboxylic acid groups (broad SMARTS) is 1. The van der Waals surface area contributed by atoms with Crippen molar-refractivity contribution in [2.75, 3.05) is 0 Å². The predicted molar refractivity (Wildman–Crippen MR) is 115 cm³/mol. The average Bonchev–Trinajstić information content (AvgIpc) is 3.42. The third-order valence-corrected chi connectivity index (χ3v) is 6.35. The van der Waals surface area contributed by atoms with Crippen LogP contribution in [0.2, 0.25) is 0 Å². The van der Waals surface area contributed by atoms with Gasteiger partial charge in [-0.05, 0) is 17.2 Å². The van der Waals surface area contributed by atoms with Crippen LogP contribution in [0.25, 0.3) is 17.0 Å². The molecule has 0 aliphatic carbocycles. The van der Waals surface area contributed by atoms with Crippen LogP contribution in [0, 0.1) is 11.8 Å². The molecule has 2 saturated heterocycles. The zero-order valence-electron chi connectivity index (χ0n) is 16.5. The van der Waals surface area contributed by atoms with E-state index in [2.05, 4.69) is 15.6 Å². The van der Waals surface area contributed by atoms with Crippen molar-refractivity contribution >= 4 is 34.8 Å². The topological polar surface area (TPSA) is 111 Å². The number of H-pyrrole nitrogens is 1. The van der Waals surface area contributed by atoms with E-state index in [4.69, 9.17) is 0 Å². The summed E-state index contributed by atoms with van der Waals surface area (Å²) in [5.41, 5.74) is 0.997. The van der Waals surface area contributed by atoms with Crippen molar-refractivity contribution in [3.05, 3.63) is 78.0 Å². The number of carboxylic acids is 1. The van der Waals surface area contributed by atoms with Crippen LogP contribution in [0.1, 0.15) is 11.1 Å². The van der Waals surface area contributed by atoms with Gasteiger partial charge in [-0.1, -0.05) is 60.7 Å². The number of aliphatic carboxylic acids is 1. The van der Waals surface area contributed by atoms with Gasteiger partial charge in [0.1, 0.15) is 5.54 Å². The smallest absolute Gasteiger partial charge is 0.325 e. The Morgan fingerprint density at radius 1 is 1.03 bits per heavy atom. The maximum Gasteiger partial charge on any atom is 0.325 e. The molecule has 2 aromatic carbocycles. The van der Waals surface area contributed by atoms with Crippen molar-refractivity contribution in [2.45, 2.75) is 18.0 Å². The molecule has 3 aromatic rings. The molecule has 5 rings (SSSR count). The lowest BCUT2D eigenvalue weighted by atomic mass is 9.76. The van der Waals surface area contributed by atoms with Gasteiger partial charge in [0.2, 0.25) is 11.8 Å². The van der Waals surface area contributed by atoms with Crippen molar-refractivity contribution in [3.63, 3.8) is 0 Å². The number of fused-ring (bicyclic) bond motifs is 2. The number of rotatable bonds is 5. The molecule has 4 unspecified atom stereocenters. The number of carbonyl (C=O) groups is 3. The second-order valence-corrected chi connectivity index (χ2v) is 8.11. The van der Waals surface area contributed by atoms with Gasteiger partial charge in [0.05, 0.1) is 11.8 Å². The van der Waals surface area contributed by atoms with Crippen LogP contribution >= 0.6 is 0 Å². The molecule has 4 atom stereocenters. The van der Waals surface area contributed by atoms with Crippen LogP contribution in [0.3, 0.4) is 0 Å². The number of aromatic nitrogens is 1. The monoisotopic (exact) mass is 415 g/mol. The Bertz CT molecular complexity index is 1220. The zero-order valence-corrected chi connectivity index (χ0v) is 16.5. The van der Waals surface area contributed by atoms with Gasteiger partial charge in [-0.25, -0.2) is 0 Å². The first kappa shape index (κ1) is 19.3. The van der Waals surface area contributed by atoms with E-state index in [-0.39, 0.29) is 6.42 Å². The normalized spacial score (nSPS) is 27.7. The summed E-state index contributed by atoms with van der Waals surface area (Å²) in [6.45, 7) is 0. The summed E-state index contributed by atoms with van der Waals surface area (Å²) in [6, 6.07) is 16.5. The third kappa shape index (κ3) is 3.05. The molecule has 1 aromatic heterocycles. The van der Waals surface area contributed by atoms with E-state index in [9.17, 15) is 19.5 Å². The van der Waals surface area contributed by atoms with E-state index in [0.717, 1.165) is 22.0 Å². The number of aromatic amines is 1. The SMILES string of the molecule is O=C1NC(=O)C2C1C(C=Cc1ccccc1)NC2(Cc1c[nH]c2ccccc12)C(=O)O. The van der Waals surface area contributed by atoms with E-state index in [0.29, 0.717) is 0 Å². The molecule has 0 radical (unpaired) electrons. The lowest BCUT2D eigenvalue weighted by molar-refractivity contribution is -0.149. The molecule has 0 saturated carbocycles. The maximum absolute atomic E-state index is 12.7. The van der Waals surface area contributed by atoms with Gasteiger partial charge in [-0.15, -0.1) is 0 Å². The van der Waals surface area contributed by atoms with Crippen molar-refractivity contribution < 1.29 is 19.5 Å². The Labute approximate surface area is 178 Å². The first-order chi connectivity index (χ1) is 15.0. The summed E-state index contributed by atoms with van der Waals surface area (Å²) in [4.78, 5) is 41.1. The quantitative estimate of drug-likeness (QED) is 0.477. The first-order valence-corrected chi connectivity index (χ1v) is 10.1. The van der Waals surface area contributed by atoms with Crippen molar-refractivity contribution in [2.24, 2.45) is 11.8 Å². The Morgan fingerprint density at radius 2 is 1.77 bits per heavy atom. The Kier molecular flexibility index (Phi) is 4.48. The van der Waals surface area contributed by atoms with E-state index in [1.54, 1.807) is 12.3 Å². The standard InChI is InChI=1S/C24H21N3O4/c28-21-19-18(11-10-14-6-2-1-3-7-14)27-24(23(30)31,20(19)22(29)26-21)12-15-13-25-17-9-5-4-8-16(15)17/h1-11,13,18-20,25,27H,12H2,(H,30,31)(H,26,28,29). The molecule has 2 amide bonds. The van der Waals surface area contributed by atoms with E-state index in [1.807, 2.05) is 60.7 Å². The molecule has 0 bridgehead atoms. The van der Waals surface area contributed by atoms with E-state index >= 15 is 0 Å². The van der Waals surface area contributed by atoms with Gasteiger partial charge in [-0.2, -0.15) is 0 Å². The summed E-state index contributed by atoms with van der Waals surface area (Å²) in [5.74, 6) is -3.91. The van der Waals surface area contributed by atoms with Crippen LogP contribution in [0.15, 0.2) is 66.9 Å². The average molecular weight is 415 g/mol. The molecule has 2 aliphatic rings. The summed E-state index contributed by atoms with van der Waals surface area (Å²) >= 11 is 0. The second-order valence-electron chi connectivity index (χ2n) is 8.11. The fourth-order valence-electron chi connectivity index (χ4n) is 4.93. The minimum absolute atomic E-state index is 0.0733. The third-order valence-electron chi connectivity index (χ3n) is 6.35. The minimum atomic E-state index is -1.60. The second kappa shape index (κ2) is 7.21. The highest BCUT2D eigenvalue weighted by Gasteiger charge is 2.65. The number of hydrogen-bond donors (Lipinski definition) is 4. The number of nitrogens with one attached hydrogen (secondary N) is 3. The molecule has 156 valence electrons. The molecule has 7 nitrogen and oxygen atoms in total. The Balaban J connectivity index is 1.56. The lowest BCUT2D eigenvalue weighted by Gasteiger charge is -2.29. The number of amides is 2. The first-order valence-electron chi connectivity index (χ1n) is 10.1. The molecule has 4 N–H and O–H groups in total. The summed E-state index contributed by atoms with van der Waals surface area (Å²) in [7, 11) is 0. The molecular formula is C24H21N3O4. The van der Waals surface area contributed by atoms with Gasteiger partial charge in [0, 0.05) is 29.6 Å². The van der Waals surface area contributed by atoms with Gasteiger partial charge in [0.15, 0.2) is 0 Å². The highest BCUT2D eigenvalue weighted by molar-refractivity contribution is 6.09. The molecule has 2 aliphatic heterocycles. The summed E-state index contributed by atoms with van der Waals surface area (Å²) in [5, 5.41) is 16.7. The molecule has 2 fully saturated rings. The Hall–Kier alpha value is -3.71. The van der Waals surface area contributed by atoms with Crippen LogP contribution in [0.4, 0.5) is 0 Å². The van der Waals surface area contributed by atoms with Crippen LogP contribution in [-0.2, 0) is 20.8 Å². The van der Waals surface area contributed by atoms with Gasteiger partial charge in [-0.3, -0.25) is 25.0 Å². The fourth-order valence-corrected chi connectivity index (χ4v) is 4.93. The summed E-state index contributed by atoms with van der Waals surface area (Å²) < 4.78 is 0. The molecular weight excluding hydrogens is 394 g/mol.